The van der Waals surface area contributed by atoms with E-state index in [0.29, 0.717) is 0 Å². The van der Waals surface area contributed by atoms with Crippen LogP contribution < -0.4 is 0 Å². The second-order valence-corrected chi connectivity index (χ2v) is 6.06. The number of piperidine rings is 3. The molecule has 1 amide bonds. The number of amides is 1. The van der Waals surface area contributed by atoms with Gasteiger partial charge in [-0.3, -0.25) is 9.69 Å². The number of carbonyl (C=O) groups is 1. The molecule has 5 nitrogen and oxygen atoms in total. The van der Waals surface area contributed by atoms with E-state index in [9.17, 15) is 4.79 Å². The Bertz CT molecular complexity index is 321. The Morgan fingerprint density at radius 2 is 1.79 bits per heavy atom. The minimum absolute atomic E-state index is 0.135. The van der Waals surface area contributed by atoms with Gasteiger partial charge in [-0.05, 0) is 31.8 Å². The first-order valence-electron chi connectivity index (χ1n) is 7.51. The summed E-state index contributed by atoms with van der Waals surface area (Å²) in [4.78, 5) is 19.0. The van der Waals surface area contributed by atoms with Crippen molar-refractivity contribution >= 4 is 5.91 Å². The smallest absolute Gasteiger partial charge is 0.248 e. The second-order valence-electron chi connectivity index (χ2n) is 6.06. The van der Waals surface area contributed by atoms with Crippen LogP contribution in [0.1, 0.15) is 12.8 Å². The van der Waals surface area contributed by atoms with E-state index in [1.165, 1.54) is 32.5 Å². The summed E-state index contributed by atoms with van der Waals surface area (Å²) in [7, 11) is 1.58. The molecule has 1 unspecified atom stereocenters. The first kappa shape index (κ1) is 13.3. The van der Waals surface area contributed by atoms with Crippen LogP contribution in [0.25, 0.3) is 0 Å². The van der Waals surface area contributed by atoms with Crippen molar-refractivity contribution in [1.29, 1.82) is 0 Å². The first-order chi connectivity index (χ1) is 9.28. The van der Waals surface area contributed by atoms with Gasteiger partial charge in [-0.15, -0.1) is 0 Å². The van der Waals surface area contributed by atoms with Gasteiger partial charge in [-0.25, -0.2) is 0 Å². The molecule has 0 radical (unpaired) electrons. The number of carbonyl (C=O) groups excluding carboxylic acids is 1. The molecule has 0 N–H and O–H groups in total. The highest BCUT2D eigenvalue weighted by atomic mass is 16.5. The van der Waals surface area contributed by atoms with Crippen molar-refractivity contribution in [1.82, 2.24) is 14.7 Å². The van der Waals surface area contributed by atoms with Crippen LogP contribution in [0.3, 0.4) is 0 Å². The van der Waals surface area contributed by atoms with Crippen LogP contribution in [-0.4, -0.2) is 86.2 Å². The van der Waals surface area contributed by atoms with E-state index < -0.39 is 0 Å². The van der Waals surface area contributed by atoms with Crippen molar-refractivity contribution in [3.05, 3.63) is 0 Å². The third-order valence-corrected chi connectivity index (χ3v) is 5.03. The zero-order valence-corrected chi connectivity index (χ0v) is 11.9. The standard InChI is InChI=1S/C14H25N3O2/c1-19-11-14(18)17-8-6-16(7-9-17)13-10-15-4-2-12(13)3-5-15/h12-13H,2-11H2,1H3. The molecule has 4 aliphatic heterocycles. The van der Waals surface area contributed by atoms with E-state index in [1.807, 2.05) is 4.90 Å². The Morgan fingerprint density at radius 1 is 1.11 bits per heavy atom. The molecule has 1 atom stereocenters. The number of ether oxygens (including phenoxy) is 1. The van der Waals surface area contributed by atoms with Crippen LogP contribution in [0.5, 0.6) is 0 Å². The predicted molar refractivity (Wildman–Crippen MR) is 73.0 cm³/mol. The van der Waals surface area contributed by atoms with Crippen molar-refractivity contribution in [2.24, 2.45) is 5.92 Å². The maximum Gasteiger partial charge on any atom is 0.248 e. The van der Waals surface area contributed by atoms with E-state index in [-0.39, 0.29) is 12.5 Å². The Morgan fingerprint density at radius 3 is 2.32 bits per heavy atom. The van der Waals surface area contributed by atoms with Crippen molar-refractivity contribution in [3.8, 4) is 0 Å². The van der Waals surface area contributed by atoms with E-state index in [2.05, 4.69) is 9.80 Å². The molecule has 2 bridgehead atoms. The lowest BCUT2D eigenvalue weighted by Crippen LogP contribution is -2.61. The SMILES string of the molecule is COCC(=O)N1CCN(C2CN3CCC2CC3)CC1. The highest BCUT2D eigenvalue weighted by Gasteiger charge is 2.38. The summed E-state index contributed by atoms with van der Waals surface area (Å²) in [6.07, 6.45) is 2.74. The number of fused-ring (bicyclic) bond motifs is 3. The third kappa shape index (κ3) is 2.78. The molecule has 4 fully saturated rings. The van der Waals surface area contributed by atoms with Gasteiger partial charge in [0.2, 0.25) is 5.91 Å². The van der Waals surface area contributed by atoms with E-state index in [4.69, 9.17) is 4.74 Å². The molecule has 0 spiro atoms. The Hall–Kier alpha value is -0.650. The van der Waals surface area contributed by atoms with Gasteiger partial charge in [0.1, 0.15) is 6.61 Å². The van der Waals surface area contributed by atoms with E-state index >= 15 is 0 Å². The number of hydrogen-bond acceptors (Lipinski definition) is 4. The minimum atomic E-state index is 0.135. The topological polar surface area (TPSA) is 36.0 Å². The maximum absolute atomic E-state index is 11.8. The largest absolute Gasteiger partial charge is 0.375 e. The summed E-state index contributed by atoms with van der Waals surface area (Å²) < 4.78 is 4.93. The molecule has 0 aromatic rings. The molecule has 4 aliphatic rings. The lowest BCUT2D eigenvalue weighted by Gasteiger charge is -2.51. The molecule has 4 rings (SSSR count). The van der Waals surface area contributed by atoms with E-state index in [0.717, 1.165) is 38.1 Å². The summed E-state index contributed by atoms with van der Waals surface area (Å²) >= 11 is 0. The van der Waals surface area contributed by atoms with Gasteiger partial charge in [0.25, 0.3) is 0 Å². The molecule has 5 heteroatoms. The first-order valence-corrected chi connectivity index (χ1v) is 7.51. The van der Waals surface area contributed by atoms with Crippen molar-refractivity contribution in [3.63, 3.8) is 0 Å². The van der Waals surface area contributed by atoms with Gasteiger partial charge < -0.3 is 14.5 Å². The highest BCUT2D eigenvalue weighted by Crippen LogP contribution is 2.31. The van der Waals surface area contributed by atoms with Crippen LogP contribution in [0.15, 0.2) is 0 Å². The molecule has 19 heavy (non-hydrogen) atoms. The number of nitrogens with zero attached hydrogens (tertiary/aromatic N) is 3. The van der Waals surface area contributed by atoms with E-state index in [1.54, 1.807) is 7.11 Å². The van der Waals surface area contributed by atoms with Crippen LogP contribution in [0.2, 0.25) is 0 Å². The zero-order chi connectivity index (χ0) is 13.2. The highest BCUT2D eigenvalue weighted by molar-refractivity contribution is 5.77. The van der Waals surface area contributed by atoms with Gasteiger partial charge in [0.05, 0.1) is 0 Å². The third-order valence-electron chi connectivity index (χ3n) is 5.03. The van der Waals surface area contributed by atoms with Gasteiger partial charge in [0, 0.05) is 45.9 Å². The Kier molecular flexibility index (Phi) is 4.05. The summed E-state index contributed by atoms with van der Waals surface area (Å²) in [6.45, 7) is 7.86. The Labute approximate surface area is 115 Å². The lowest BCUT2D eigenvalue weighted by molar-refractivity contribution is -0.137. The monoisotopic (exact) mass is 267 g/mol. The number of piperazine rings is 1. The van der Waals surface area contributed by atoms with Gasteiger partial charge >= 0.3 is 0 Å². The zero-order valence-electron chi connectivity index (χ0n) is 11.9. The average molecular weight is 267 g/mol. The maximum atomic E-state index is 11.8. The Balaban J connectivity index is 1.51. The molecular formula is C14H25N3O2. The number of hydrogen-bond donors (Lipinski definition) is 0. The number of rotatable bonds is 3. The van der Waals surface area contributed by atoms with Crippen LogP contribution >= 0.6 is 0 Å². The second kappa shape index (κ2) is 5.77. The van der Waals surface area contributed by atoms with Crippen molar-refractivity contribution in [2.45, 2.75) is 18.9 Å². The average Bonchev–Trinajstić information content (AvgIpc) is 2.49. The van der Waals surface area contributed by atoms with Crippen molar-refractivity contribution in [2.75, 3.05) is 59.5 Å². The molecule has 4 saturated heterocycles. The fourth-order valence-electron chi connectivity index (χ4n) is 3.87. The van der Waals surface area contributed by atoms with Crippen molar-refractivity contribution < 1.29 is 9.53 Å². The fourth-order valence-corrected chi connectivity index (χ4v) is 3.87. The summed E-state index contributed by atoms with van der Waals surface area (Å²) in [5, 5.41) is 0. The molecule has 0 saturated carbocycles. The summed E-state index contributed by atoms with van der Waals surface area (Å²) in [5.41, 5.74) is 0. The van der Waals surface area contributed by atoms with Gasteiger partial charge in [-0.2, -0.15) is 0 Å². The minimum Gasteiger partial charge on any atom is -0.375 e. The fraction of sp³-hybridized carbons (Fsp3) is 0.929. The van der Waals surface area contributed by atoms with Crippen LogP contribution in [0, 0.1) is 5.92 Å². The number of methoxy groups -OCH3 is 1. The molecular weight excluding hydrogens is 242 g/mol. The van der Waals surface area contributed by atoms with Crippen LogP contribution in [-0.2, 0) is 9.53 Å². The molecule has 0 aromatic carbocycles. The molecule has 108 valence electrons. The molecule has 0 aromatic heterocycles. The van der Waals surface area contributed by atoms with Gasteiger partial charge in [-0.1, -0.05) is 0 Å². The lowest BCUT2D eigenvalue weighted by atomic mass is 9.83. The quantitative estimate of drug-likeness (QED) is 0.714. The van der Waals surface area contributed by atoms with Crippen LogP contribution in [0.4, 0.5) is 0 Å². The molecule has 0 aliphatic carbocycles. The summed E-state index contributed by atoms with van der Waals surface area (Å²) in [6, 6.07) is 0.738. The predicted octanol–water partition coefficient (Wildman–Crippen LogP) is -0.129. The summed E-state index contributed by atoms with van der Waals surface area (Å²) in [5.74, 6) is 1.03. The molecule has 4 heterocycles. The van der Waals surface area contributed by atoms with Gasteiger partial charge in [0.15, 0.2) is 0 Å². The normalized spacial score (nSPS) is 35.6.